The number of anilines is 1. The number of pyridine rings is 1. The first-order valence-electron chi connectivity index (χ1n) is 8.93. The summed E-state index contributed by atoms with van der Waals surface area (Å²) in [5, 5.41) is 4.86. The highest BCUT2D eigenvalue weighted by Gasteiger charge is 2.10. The highest BCUT2D eigenvalue weighted by Crippen LogP contribution is 2.29. The quantitative estimate of drug-likeness (QED) is 0.457. The minimum absolute atomic E-state index is 0.0926. The topological polar surface area (TPSA) is 70.7 Å². The average molecular weight is 384 g/mol. The number of para-hydroxylation sites is 2. The van der Waals surface area contributed by atoms with Crippen LogP contribution in [0.25, 0.3) is 31.7 Å². The molecule has 5 nitrogen and oxygen atoms in total. The highest BCUT2D eigenvalue weighted by molar-refractivity contribution is 7.21. The number of rotatable bonds is 4. The number of hydrogen-bond donors (Lipinski definition) is 2. The number of aromatic nitrogens is 3. The van der Waals surface area contributed by atoms with Crippen molar-refractivity contribution in [3.05, 3.63) is 78.6 Å². The van der Waals surface area contributed by atoms with Crippen molar-refractivity contribution in [2.24, 2.45) is 0 Å². The Kier molecular flexibility index (Phi) is 4.10. The van der Waals surface area contributed by atoms with E-state index in [1.807, 2.05) is 60.8 Å². The van der Waals surface area contributed by atoms with Gasteiger partial charge in [-0.05, 0) is 35.9 Å². The molecule has 0 aliphatic heterocycles. The van der Waals surface area contributed by atoms with E-state index in [1.54, 1.807) is 17.5 Å². The number of amides is 1. The first-order chi connectivity index (χ1) is 13.8. The fraction of sp³-hybridized carbons (Fsp3) is 0.0455. The zero-order valence-corrected chi connectivity index (χ0v) is 15.7. The molecule has 0 aliphatic carbocycles. The standard InChI is InChI=1S/C22H16N4OS/c27-21(11-15-13-23-17-6-2-1-5-16(15)17)26-20-10-9-14(12-24-20)22-25-18-7-3-4-8-19(18)28-22/h1-10,12-13,23H,11H2,(H,24,26,27). The van der Waals surface area contributed by atoms with Crippen LogP contribution in [0.1, 0.15) is 5.56 Å². The third-order valence-corrected chi connectivity index (χ3v) is 5.68. The number of nitrogens with one attached hydrogen (secondary N) is 2. The van der Waals surface area contributed by atoms with Crippen molar-refractivity contribution in [3.63, 3.8) is 0 Å². The number of carbonyl (C=O) groups excluding carboxylic acids is 1. The first-order valence-corrected chi connectivity index (χ1v) is 9.75. The van der Waals surface area contributed by atoms with Crippen molar-refractivity contribution in [1.29, 1.82) is 0 Å². The minimum atomic E-state index is -0.0926. The molecule has 0 saturated heterocycles. The molecule has 5 rings (SSSR count). The second-order valence-corrected chi connectivity index (χ2v) is 7.53. The summed E-state index contributed by atoms with van der Waals surface area (Å²) in [7, 11) is 0. The third-order valence-electron chi connectivity index (χ3n) is 4.60. The Hall–Kier alpha value is -3.51. The SMILES string of the molecule is O=C(Cc1c[nH]c2ccccc12)Nc1ccc(-c2nc3ccccc3s2)cn1. The summed E-state index contributed by atoms with van der Waals surface area (Å²) >= 11 is 1.63. The van der Waals surface area contributed by atoms with Crippen molar-refractivity contribution in [3.8, 4) is 10.6 Å². The fourth-order valence-corrected chi connectivity index (χ4v) is 4.18. The maximum absolute atomic E-state index is 12.4. The van der Waals surface area contributed by atoms with Gasteiger partial charge in [-0.3, -0.25) is 4.79 Å². The molecule has 0 bridgehead atoms. The van der Waals surface area contributed by atoms with E-state index < -0.39 is 0 Å². The maximum Gasteiger partial charge on any atom is 0.230 e. The third kappa shape index (κ3) is 3.14. The molecule has 3 aromatic heterocycles. The van der Waals surface area contributed by atoms with E-state index in [-0.39, 0.29) is 5.91 Å². The average Bonchev–Trinajstić information content (AvgIpc) is 3.33. The van der Waals surface area contributed by atoms with Gasteiger partial charge in [0.1, 0.15) is 10.8 Å². The van der Waals surface area contributed by atoms with Crippen molar-refractivity contribution >= 4 is 44.2 Å². The number of thiazole rings is 1. The number of hydrogen-bond acceptors (Lipinski definition) is 4. The van der Waals surface area contributed by atoms with Gasteiger partial charge in [0.05, 0.1) is 16.6 Å². The van der Waals surface area contributed by atoms with Crippen LogP contribution in [0.2, 0.25) is 0 Å². The minimum Gasteiger partial charge on any atom is -0.361 e. The smallest absolute Gasteiger partial charge is 0.230 e. The van der Waals surface area contributed by atoms with E-state index in [1.165, 1.54) is 0 Å². The molecule has 3 heterocycles. The second kappa shape index (κ2) is 6.90. The molecule has 1 amide bonds. The summed E-state index contributed by atoms with van der Waals surface area (Å²) in [6.45, 7) is 0. The molecule has 5 aromatic rings. The van der Waals surface area contributed by atoms with Crippen molar-refractivity contribution < 1.29 is 4.79 Å². The van der Waals surface area contributed by atoms with Gasteiger partial charge in [0, 0.05) is 28.9 Å². The lowest BCUT2D eigenvalue weighted by Crippen LogP contribution is -2.15. The Morgan fingerprint density at radius 1 is 1.04 bits per heavy atom. The van der Waals surface area contributed by atoms with Gasteiger partial charge in [0.25, 0.3) is 0 Å². The van der Waals surface area contributed by atoms with Crippen LogP contribution in [-0.4, -0.2) is 20.9 Å². The van der Waals surface area contributed by atoms with Crippen molar-refractivity contribution in [2.75, 3.05) is 5.32 Å². The number of carbonyl (C=O) groups is 1. The van der Waals surface area contributed by atoms with Gasteiger partial charge in [-0.25, -0.2) is 9.97 Å². The molecule has 0 radical (unpaired) electrons. The van der Waals surface area contributed by atoms with Gasteiger partial charge in [-0.1, -0.05) is 30.3 Å². The molecule has 6 heteroatoms. The predicted octanol–water partition coefficient (Wildman–Crippen LogP) is 5.02. The van der Waals surface area contributed by atoms with Crippen molar-refractivity contribution in [1.82, 2.24) is 15.0 Å². The molecule has 0 fully saturated rings. The number of H-pyrrole nitrogens is 1. The Balaban J connectivity index is 1.31. The first kappa shape index (κ1) is 16.6. The summed E-state index contributed by atoms with van der Waals surface area (Å²) in [6, 6.07) is 19.8. The lowest BCUT2D eigenvalue weighted by atomic mass is 10.1. The summed E-state index contributed by atoms with van der Waals surface area (Å²) in [4.78, 5) is 24.6. The molecular weight excluding hydrogens is 368 g/mol. The molecule has 0 spiro atoms. The normalized spacial score (nSPS) is 11.1. The molecule has 0 atom stereocenters. The number of aromatic amines is 1. The second-order valence-electron chi connectivity index (χ2n) is 6.50. The molecule has 136 valence electrons. The fourth-order valence-electron chi connectivity index (χ4n) is 3.23. The Morgan fingerprint density at radius 3 is 2.75 bits per heavy atom. The van der Waals surface area contributed by atoms with Gasteiger partial charge in [-0.15, -0.1) is 11.3 Å². The molecular formula is C22H16N4OS. The van der Waals surface area contributed by atoms with Crippen LogP contribution in [0.4, 0.5) is 5.82 Å². The number of benzene rings is 2. The molecule has 0 aliphatic rings. The van der Waals surface area contributed by atoms with Crippen LogP contribution in [0.5, 0.6) is 0 Å². The van der Waals surface area contributed by atoms with E-state index in [2.05, 4.69) is 26.3 Å². The van der Waals surface area contributed by atoms with Crippen molar-refractivity contribution in [2.45, 2.75) is 6.42 Å². The molecule has 2 aromatic carbocycles. The Labute approximate surface area is 165 Å². The maximum atomic E-state index is 12.4. The van der Waals surface area contributed by atoms with Crippen LogP contribution < -0.4 is 5.32 Å². The number of fused-ring (bicyclic) bond motifs is 2. The van der Waals surface area contributed by atoms with Gasteiger partial charge < -0.3 is 10.3 Å². The summed E-state index contributed by atoms with van der Waals surface area (Å²) in [5.74, 6) is 0.444. The monoisotopic (exact) mass is 384 g/mol. The molecule has 2 N–H and O–H groups in total. The largest absolute Gasteiger partial charge is 0.361 e. The van der Waals surface area contributed by atoms with Crippen LogP contribution in [0.3, 0.4) is 0 Å². The summed E-state index contributed by atoms with van der Waals surface area (Å²) in [6.07, 6.45) is 3.93. The lowest BCUT2D eigenvalue weighted by Gasteiger charge is -2.04. The van der Waals surface area contributed by atoms with Crippen LogP contribution in [0.15, 0.2) is 73.1 Å². The molecule has 0 saturated carbocycles. The Morgan fingerprint density at radius 2 is 1.89 bits per heavy atom. The van der Waals surface area contributed by atoms with Crippen LogP contribution in [0, 0.1) is 0 Å². The van der Waals surface area contributed by atoms with E-state index in [4.69, 9.17) is 0 Å². The molecule has 0 unspecified atom stereocenters. The van der Waals surface area contributed by atoms with E-state index >= 15 is 0 Å². The van der Waals surface area contributed by atoms with E-state index in [0.717, 1.165) is 37.3 Å². The zero-order valence-electron chi connectivity index (χ0n) is 14.8. The predicted molar refractivity (Wildman–Crippen MR) is 113 cm³/mol. The molecule has 28 heavy (non-hydrogen) atoms. The van der Waals surface area contributed by atoms with Gasteiger partial charge in [0.2, 0.25) is 5.91 Å². The van der Waals surface area contributed by atoms with Gasteiger partial charge in [0.15, 0.2) is 0 Å². The summed E-state index contributed by atoms with van der Waals surface area (Å²) < 4.78 is 1.15. The van der Waals surface area contributed by atoms with Gasteiger partial charge >= 0.3 is 0 Å². The number of nitrogens with zero attached hydrogens (tertiary/aromatic N) is 2. The van der Waals surface area contributed by atoms with Gasteiger partial charge in [-0.2, -0.15) is 0 Å². The van der Waals surface area contributed by atoms with Crippen LogP contribution >= 0.6 is 11.3 Å². The zero-order chi connectivity index (χ0) is 18.9. The van der Waals surface area contributed by atoms with E-state index in [0.29, 0.717) is 12.2 Å². The lowest BCUT2D eigenvalue weighted by molar-refractivity contribution is -0.115. The van der Waals surface area contributed by atoms with Crippen LogP contribution in [-0.2, 0) is 11.2 Å². The Bertz CT molecular complexity index is 1250. The highest BCUT2D eigenvalue weighted by atomic mass is 32.1. The van der Waals surface area contributed by atoms with E-state index in [9.17, 15) is 4.79 Å². The summed E-state index contributed by atoms with van der Waals surface area (Å²) in [5.41, 5.74) is 3.93.